The maximum atomic E-state index is 5.50. The van der Waals surface area contributed by atoms with Crippen LogP contribution in [-0.4, -0.2) is 17.1 Å². The molecule has 0 aliphatic heterocycles. The molecule has 2 aromatic heterocycles. The van der Waals surface area contributed by atoms with E-state index in [2.05, 4.69) is 23.2 Å². The van der Waals surface area contributed by atoms with E-state index >= 15 is 0 Å². The lowest BCUT2D eigenvalue weighted by atomic mass is 10.00. The van der Waals surface area contributed by atoms with Crippen molar-refractivity contribution in [2.75, 3.05) is 7.11 Å². The van der Waals surface area contributed by atoms with Crippen molar-refractivity contribution in [1.29, 1.82) is 0 Å². The first-order valence-electron chi connectivity index (χ1n) is 7.81. The molecule has 24 heavy (non-hydrogen) atoms. The summed E-state index contributed by atoms with van der Waals surface area (Å²) in [6.07, 6.45) is 1.80. The summed E-state index contributed by atoms with van der Waals surface area (Å²) in [5.74, 6) is 0.816. The first kappa shape index (κ1) is 14.4. The number of nitrogens with zero attached hydrogens (tertiary/aromatic N) is 2. The lowest BCUT2D eigenvalue weighted by Gasteiger charge is -2.12. The number of hydrogen-bond acceptors (Lipinski definition) is 3. The van der Waals surface area contributed by atoms with Gasteiger partial charge < -0.3 is 4.74 Å². The van der Waals surface area contributed by atoms with Crippen molar-refractivity contribution < 1.29 is 4.74 Å². The molecule has 0 saturated heterocycles. The molecular weight excluding hydrogens is 296 g/mol. The van der Waals surface area contributed by atoms with Crippen molar-refractivity contribution in [1.82, 2.24) is 9.97 Å². The Balaban J connectivity index is 2.06. The lowest BCUT2D eigenvalue weighted by Crippen LogP contribution is -1.94. The minimum Gasteiger partial charge on any atom is -0.496 e. The monoisotopic (exact) mass is 312 g/mol. The molecule has 0 aliphatic rings. The van der Waals surface area contributed by atoms with Crippen LogP contribution in [0.2, 0.25) is 0 Å². The van der Waals surface area contributed by atoms with E-state index in [1.54, 1.807) is 13.3 Å². The zero-order valence-corrected chi connectivity index (χ0v) is 13.3. The number of rotatable bonds is 3. The molecule has 0 spiro atoms. The van der Waals surface area contributed by atoms with E-state index in [1.165, 1.54) is 0 Å². The molecule has 0 unspecified atom stereocenters. The van der Waals surface area contributed by atoms with Gasteiger partial charge in [-0.25, -0.2) is 4.98 Å². The second-order valence-corrected chi connectivity index (χ2v) is 5.49. The second kappa shape index (κ2) is 6.13. The number of hydrogen-bond donors (Lipinski definition) is 0. The van der Waals surface area contributed by atoms with Crippen LogP contribution in [0.3, 0.4) is 0 Å². The van der Waals surface area contributed by atoms with Crippen LogP contribution in [0.5, 0.6) is 5.75 Å². The van der Waals surface area contributed by atoms with Gasteiger partial charge in [-0.3, -0.25) is 4.98 Å². The number of aromatic nitrogens is 2. The van der Waals surface area contributed by atoms with Gasteiger partial charge in [-0.15, -0.1) is 0 Å². The summed E-state index contributed by atoms with van der Waals surface area (Å²) >= 11 is 0. The third-order valence-electron chi connectivity index (χ3n) is 4.03. The van der Waals surface area contributed by atoms with E-state index in [0.717, 1.165) is 39.2 Å². The van der Waals surface area contributed by atoms with Crippen molar-refractivity contribution in [3.8, 4) is 28.3 Å². The Labute approximate surface area is 140 Å². The molecule has 0 aliphatic carbocycles. The van der Waals surface area contributed by atoms with E-state index in [9.17, 15) is 0 Å². The minimum absolute atomic E-state index is 0.816. The molecule has 0 N–H and O–H groups in total. The largest absolute Gasteiger partial charge is 0.496 e. The summed E-state index contributed by atoms with van der Waals surface area (Å²) in [6.45, 7) is 0. The van der Waals surface area contributed by atoms with Gasteiger partial charge in [0.15, 0.2) is 0 Å². The fourth-order valence-corrected chi connectivity index (χ4v) is 2.88. The number of fused-ring (bicyclic) bond motifs is 1. The van der Waals surface area contributed by atoms with Crippen LogP contribution < -0.4 is 4.74 Å². The first-order valence-corrected chi connectivity index (χ1v) is 7.81. The zero-order chi connectivity index (χ0) is 16.4. The van der Waals surface area contributed by atoms with Gasteiger partial charge in [-0.05, 0) is 30.3 Å². The van der Waals surface area contributed by atoms with Crippen molar-refractivity contribution in [2.45, 2.75) is 0 Å². The lowest BCUT2D eigenvalue weighted by molar-refractivity contribution is 0.420. The third-order valence-corrected chi connectivity index (χ3v) is 4.03. The van der Waals surface area contributed by atoms with Crippen LogP contribution in [-0.2, 0) is 0 Å². The maximum Gasteiger partial charge on any atom is 0.128 e. The summed E-state index contributed by atoms with van der Waals surface area (Å²) in [7, 11) is 1.68. The van der Waals surface area contributed by atoms with Gasteiger partial charge >= 0.3 is 0 Å². The Kier molecular flexibility index (Phi) is 3.67. The van der Waals surface area contributed by atoms with Crippen LogP contribution >= 0.6 is 0 Å². The fourth-order valence-electron chi connectivity index (χ4n) is 2.88. The number of ether oxygens (including phenoxy) is 1. The van der Waals surface area contributed by atoms with E-state index in [-0.39, 0.29) is 0 Å². The summed E-state index contributed by atoms with van der Waals surface area (Å²) in [6, 6.07) is 24.1. The molecule has 116 valence electrons. The van der Waals surface area contributed by atoms with E-state index < -0.39 is 0 Å². The Bertz CT molecular complexity index is 983. The van der Waals surface area contributed by atoms with Crippen molar-refractivity contribution in [3.63, 3.8) is 0 Å². The average Bonchev–Trinajstić information content (AvgIpc) is 2.68. The molecule has 0 bridgehead atoms. The average molecular weight is 312 g/mol. The van der Waals surface area contributed by atoms with Gasteiger partial charge in [0.25, 0.3) is 0 Å². The summed E-state index contributed by atoms with van der Waals surface area (Å²) in [4.78, 5) is 9.43. The quantitative estimate of drug-likeness (QED) is 0.535. The predicted octanol–water partition coefficient (Wildman–Crippen LogP) is 4.97. The number of benzene rings is 2. The van der Waals surface area contributed by atoms with Gasteiger partial charge in [0.05, 0.1) is 24.0 Å². The SMILES string of the molecule is COc1cccc2nc(-c3ccccc3)c(-c3ccccn3)cc12. The van der Waals surface area contributed by atoms with Gasteiger partial charge in [0, 0.05) is 22.7 Å². The molecule has 2 heterocycles. The summed E-state index contributed by atoms with van der Waals surface area (Å²) in [5, 5.41) is 0.986. The van der Waals surface area contributed by atoms with E-state index in [1.807, 2.05) is 54.6 Å². The smallest absolute Gasteiger partial charge is 0.128 e. The molecule has 4 rings (SSSR count). The fraction of sp³-hybridized carbons (Fsp3) is 0.0476. The highest BCUT2D eigenvalue weighted by atomic mass is 16.5. The highest BCUT2D eigenvalue weighted by molar-refractivity contribution is 5.94. The highest BCUT2D eigenvalue weighted by Crippen LogP contribution is 2.35. The first-order chi connectivity index (χ1) is 11.9. The molecule has 3 heteroatoms. The van der Waals surface area contributed by atoms with Crippen LogP contribution in [0.1, 0.15) is 0 Å². The predicted molar refractivity (Wildman–Crippen MR) is 97.0 cm³/mol. The Morgan fingerprint density at radius 1 is 0.833 bits per heavy atom. The van der Waals surface area contributed by atoms with Crippen molar-refractivity contribution in [2.24, 2.45) is 0 Å². The topological polar surface area (TPSA) is 35.0 Å². The third kappa shape index (κ3) is 2.50. The Morgan fingerprint density at radius 2 is 1.67 bits per heavy atom. The van der Waals surface area contributed by atoms with Crippen LogP contribution in [0.4, 0.5) is 0 Å². The minimum atomic E-state index is 0.816. The zero-order valence-electron chi connectivity index (χ0n) is 13.3. The standard InChI is InChI=1S/C21H16N2O/c1-24-20-12-7-11-19-16(20)14-17(18-10-5-6-13-22-18)21(23-19)15-8-3-2-4-9-15/h2-14H,1H3. The Morgan fingerprint density at radius 3 is 2.42 bits per heavy atom. The molecule has 3 nitrogen and oxygen atoms in total. The molecule has 2 aromatic carbocycles. The molecule has 4 aromatic rings. The van der Waals surface area contributed by atoms with Gasteiger partial charge in [-0.2, -0.15) is 0 Å². The van der Waals surface area contributed by atoms with Crippen LogP contribution in [0.15, 0.2) is 79.0 Å². The van der Waals surface area contributed by atoms with Crippen LogP contribution in [0, 0.1) is 0 Å². The van der Waals surface area contributed by atoms with Gasteiger partial charge in [0.1, 0.15) is 5.75 Å². The molecule has 0 amide bonds. The normalized spacial score (nSPS) is 10.7. The van der Waals surface area contributed by atoms with Crippen molar-refractivity contribution >= 4 is 10.9 Å². The highest BCUT2D eigenvalue weighted by Gasteiger charge is 2.13. The molecule has 0 atom stereocenters. The molecular formula is C21H16N2O. The number of pyridine rings is 2. The summed E-state index contributed by atoms with van der Waals surface area (Å²) < 4.78 is 5.50. The second-order valence-electron chi connectivity index (χ2n) is 5.49. The Hall–Kier alpha value is -3.20. The van der Waals surface area contributed by atoms with Gasteiger partial charge in [0.2, 0.25) is 0 Å². The summed E-state index contributed by atoms with van der Waals surface area (Å²) in [5.41, 5.74) is 4.81. The molecule has 0 radical (unpaired) electrons. The molecule has 0 fully saturated rings. The molecule has 0 saturated carbocycles. The van der Waals surface area contributed by atoms with Gasteiger partial charge in [-0.1, -0.05) is 42.5 Å². The van der Waals surface area contributed by atoms with Crippen LogP contribution in [0.25, 0.3) is 33.4 Å². The maximum absolute atomic E-state index is 5.50. The number of methoxy groups -OCH3 is 1. The van der Waals surface area contributed by atoms with Crippen molar-refractivity contribution in [3.05, 3.63) is 79.0 Å². The van der Waals surface area contributed by atoms with E-state index in [0.29, 0.717) is 0 Å². The van der Waals surface area contributed by atoms with E-state index in [4.69, 9.17) is 9.72 Å².